The molecule has 22 heavy (non-hydrogen) atoms. The van der Waals surface area contributed by atoms with Crippen LogP contribution in [0.25, 0.3) is 0 Å². The molecule has 0 aromatic heterocycles. The number of amides is 1. The number of carbonyl (C=O) groups excluding carboxylic acids is 1. The van der Waals surface area contributed by atoms with Crippen LogP contribution in [-0.4, -0.2) is 12.5 Å². The van der Waals surface area contributed by atoms with E-state index in [1.165, 1.54) is 30.3 Å². The quantitative estimate of drug-likeness (QED) is 0.870. The van der Waals surface area contributed by atoms with Gasteiger partial charge < -0.3 is 10.1 Å². The average molecular weight is 313 g/mol. The van der Waals surface area contributed by atoms with Crippen molar-refractivity contribution in [2.45, 2.75) is 6.18 Å². The van der Waals surface area contributed by atoms with E-state index in [2.05, 4.69) is 5.32 Å². The van der Waals surface area contributed by atoms with Crippen LogP contribution in [0.2, 0.25) is 0 Å². The predicted octanol–water partition coefficient (Wildman–Crippen LogP) is 3.86. The van der Waals surface area contributed by atoms with Crippen LogP contribution in [0.15, 0.2) is 48.5 Å². The maximum absolute atomic E-state index is 13.3. The van der Waals surface area contributed by atoms with Gasteiger partial charge in [0.15, 0.2) is 18.2 Å². The minimum atomic E-state index is -4.59. The van der Waals surface area contributed by atoms with E-state index in [1.54, 1.807) is 0 Å². The second-order valence-electron chi connectivity index (χ2n) is 4.31. The maximum Gasteiger partial charge on any atom is 0.418 e. The third kappa shape index (κ3) is 3.97. The number of hydrogen-bond acceptors (Lipinski definition) is 2. The Morgan fingerprint density at radius 2 is 1.68 bits per heavy atom. The topological polar surface area (TPSA) is 38.3 Å². The highest BCUT2D eigenvalue weighted by molar-refractivity contribution is 5.92. The summed E-state index contributed by atoms with van der Waals surface area (Å²) >= 11 is 0. The van der Waals surface area contributed by atoms with Gasteiger partial charge in [-0.25, -0.2) is 4.39 Å². The minimum Gasteiger partial charge on any atom is -0.481 e. The molecule has 0 fully saturated rings. The molecule has 2 rings (SSSR count). The smallest absolute Gasteiger partial charge is 0.418 e. The predicted molar refractivity (Wildman–Crippen MR) is 72.0 cm³/mol. The van der Waals surface area contributed by atoms with Crippen molar-refractivity contribution in [3.05, 3.63) is 59.9 Å². The van der Waals surface area contributed by atoms with Crippen LogP contribution in [0.4, 0.5) is 23.2 Å². The number of halogens is 4. The summed E-state index contributed by atoms with van der Waals surface area (Å²) in [5.74, 6) is -1.63. The lowest BCUT2D eigenvalue weighted by Gasteiger charge is -2.13. The molecule has 1 amide bonds. The van der Waals surface area contributed by atoms with E-state index in [4.69, 9.17) is 4.74 Å². The Bertz CT molecular complexity index is 671. The summed E-state index contributed by atoms with van der Waals surface area (Å²) in [5, 5.41) is 2.10. The molecule has 0 bridgehead atoms. The van der Waals surface area contributed by atoms with Gasteiger partial charge >= 0.3 is 6.18 Å². The van der Waals surface area contributed by atoms with E-state index in [0.717, 1.165) is 18.2 Å². The fraction of sp³-hybridized carbons (Fsp3) is 0.133. The van der Waals surface area contributed by atoms with Crippen LogP contribution < -0.4 is 10.1 Å². The van der Waals surface area contributed by atoms with Gasteiger partial charge in [0.05, 0.1) is 11.3 Å². The molecular formula is C15H11F4NO2. The summed E-state index contributed by atoms with van der Waals surface area (Å²) in [7, 11) is 0. The normalized spacial score (nSPS) is 11.1. The summed E-state index contributed by atoms with van der Waals surface area (Å²) in [6, 6.07) is 9.98. The SMILES string of the molecule is O=C(COc1ccccc1F)Nc1ccccc1C(F)(F)F. The Morgan fingerprint density at radius 3 is 2.36 bits per heavy atom. The molecule has 0 saturated heterocycles. The van der Waals surface area contributed by atoms with Gasteiger partial charge in [0.25, 0.3) is 5.91 Å². The molecule has 2 aromatic rings. The number of benzene rings is 2. The highest BCUT2D eigenvalue weighted by atomic mass is 19.4. The first-order valence-electron chi connectivity index (χ1n) is 6.21. The molecule has 116 valence electrons. The molecule has 0 saturated carbocycles. The molecular weight excluding hydrogens is 302 g/mol. The van der Waals surface area contributed by atoms with Gasteiger partial charge in [-0.2, -0.15) is 13.2 Å². The molecule has 0 spiro atoms. The number of carbonyl (C=O) groups is 1. The van der Waals surface area contributed by atoms with Gasteiger partial charge in [0.1, 0.15) is 0 Å². The molecule has 0 aliphatic heterocycles. The van der Waals surface area contributed by atoms with E-state index in [-0.39, 0.29) is 11.4 Å². The molecule has 0 heterocycles. The van der Waals surface area contributed by atoms with E-state index in [0.29, 0.717) is 0 Å². The zero-order valence-corrected chi connectivity index (χ0v) is 11.2. The second-order valence-corrected chi connectivity index (χ2v) is 4.31. The fourth-order valence-electron chi connectivity index (χ4n) is 1.73. The first-order valence-corrected chi connectivity index (χ1v) is 6.21. The van der Waals surface area contributed by atoms with Crippen LogP contribution in [0, 0.1) is 5.82 Å². The third-order valence-corrected chi connectivity index (χ3v) is 2.70. The van der Waals surface area contributed by atoms with Crippen molar-refractivity contribution in [2.75, 3.05) is 11.9 Å². The van der Waals surface area contributed by atoms with Gasteiger partial charge in [-0.15, -0.1) is 0 Å². The monoisotopic (exact) mass is 313 g/mol. The first-order chi connectivity index (χ1) is 10.4. The molecule has 0 aliphatic carbocycles. The zero-order valence-electron chi connectivity index (χ0n) is 11.2. The average Bonchev–Trinajstić information content (AvgIpc) is 2.46. The lowest BCUT2D eigenvalue weighted by molar-refractivity contribution is -0.137. The van der Waals surface area contributed by atoms with Crippen molar-refractivity contribution >= 4 is 11.6 Å². The van der Waals surface area contributed by atoms with E-state index >= 15 is 0 Å². The molecule has 3 nitrogen and oxygen atoms in total. The largest absolute Gasteiger partial charge is 0.481 e. The van der Waals surface area contributed by atoms with Crippen LogP contribution in [0.5, 0.6) is 5.75 Å². The highest BCUT2D eigenvalue weighted by Crippen LogP contribution is 2.34. The number of rotatable bonds is 4. The van der Waals surface area contributed by atoms with Gasteiger partial charge in [-0.3, -0.25) is 4.79 Å². The van der Waals surface area contributed by atoms with Crippen molar-refractivity contribution in [1.29, 1.82) is 0 Å². The first kappa shape index (κ1) is 15.8. The molecule has 1 N–H and O–H groups in total. The van der Waals surface area contributed by atoms with E-state index < -0.39 is 30.1 Å². The number of alkyl halides is 3. The molecule has 7 heteroatoms. The standard InChI is InChI=1S/C15H11F4NO2/c16-11-6-2-4-8-13(11)22-9-14(21)20-12-7-3-1-5-10(12)15(17,18)19/h1-8H,9H2,(H,20,21). The molecule has 0 unspecified atom stereocenters. The summed E-state index contributed by atoms with van der Waals surface area (Å²) in [5.41, 5.74) is -1.34. The number of para-hydroxylation sites is 2. The summed E-state index contributed by atoms with van der Waals surface area (Å²) < 4.78 is 56.5. The lowest BCUT2D eigenvalue weighted by Crippen LogP contribution is -2.22. The Hall–Kier alpha value is -2.57. The Labute approximate surface area is 123 Å². The Balaban J connectivity index is 2.03. The van der Waals surface area contributed by atoms with Gasteiger partial charge in [-0.05, 0) is 24.3 Å². The number of ether oxygens (including phenoxy) is 1. The molecule has 0 aliphatic rings. The van der Waals surface area contributed by atoms with Crippen molar-refractivity contribution < 1.29 is 27.1 Å². The van der Waals surface area contributed by atoms with Crippen LogP contribution in [0.3, 0.4) is 0 Å². The summed E-state index contributed by atoms with van der Waals surface area (Å²) in [4.78, 5) is 11.7. The Kier molecular flexibility index (Phi) is 4.65. The molecule has 0 atom stereocenters. The minimum absolute atomic E-state index is 0.151. The Morgan fingerprint density at radius 1 is 1.05 bits per heavy atom. The van der Waals surface area contributed by atoms with Crippen molar-refractivity contribution in [3.8, 4) is 5.75 Å². The van der Waals surface area contributed by atoms with Crippen molar-refractivity contribution in [3.63, 3.8) is 0 Å². The van der Waals surface area contributed by atoms with E-state index in [1.807, 2.05) is 0 Å². The lowest BCUT2D eigenvalue weighted by atomic mass is 10.1. The van der Waals surface area contributed by atoms with Crippen LogP contribution in [-0.2, 0) is 11.0 Å². The molecule has 2 aromatic carbocycles. The van der Waals surface area contributed by atoms with Gasteiger partial charge in [0.2, 0.25) is 0 Å². The van der Waals surface area contributed by atoms with Crippen LogP contribution >= 0.6 is 0 Å². The van der Waals surface area contributed by atoms with Crippen molar-refractivity contribution in [2.24, 2.45) is 0 Å². The third-order valence-electron chi connectivity index (χ3n) is 2.70. The van der Waals surface area contributed by atoms with Gasteiger partial charge in [-0.1, -0.05) is 24.3 Å². The van der Waals surface area contributed by atoms with Gasteiger partial charge in [0, 0.05) is 0 Å². The zero-order chi connectivity index (χ0) is 16.2. The maximum atomic E-state index is 13.3. The highest BCUT2D eigenvalue weighted by Gasteiger charge is 2.33. The second kappa shape index (κ2) is 6.46. The van der Waals surface area contributed by atoms with E-state index in [9.17, 15) is 22.4 Å². The molecule has 0 radical (unpaired) electrons. The number of nitrogens with one attached hydrogen (secondary N) is 1. The summed E-state index contributed by atoms with van der Waals surface area (Å²) in [6.07, 6.45) is -4.59. The van der Waals surface area contributed by atoms with Crippen molar-refractivity contribution in [1.82, 2.24) is 0 Å². The summed E-state index contributed by atoms with van der Waals surface area (Å²) in [6.45, 7) is -0.604. The number of anilines is 1. The fourth-order valence-corrected chi connectivity index (χ4v) is 1.73. The number of hydrogen-bond donors (Lipinski definition) is 1. The van der Waals surface area contributed by atoms with Crippen LogP contribution in [0.1, 0.15) is 5.56 Å².